The van der Waals surface area contributed by atoms with Gasteiger partial charge in [-0.15, -0.1) is 0 Å². The second-order valence-electron chi connectivity index (χ2n) is 9.10. The summed E-state index contributed by atoms with van der Waals surface area (Å²) < 4.78 is 0. The van der Waals surface area contributed by atoms with Crippen molar-refractivity contribution in [2.45, 2.75) is 82.5 Å². The lowest BCUT2D eigenvalue weighted by atomic mass is 9.76. The third kappa shape index (κ3) is 2.89. The highest BCUT2D eigenvalue weighted by Gasteiger charge is 2.51. The molecule has 4 fully saturated rings. The minimum atomic E-state index is 0.256. The molecule has 4 aliphatic rings. The van der Waals surface area contributed by atoms with Gasteiger partial charge in [-0.2, -0.15) is 5.10 Å². The highest BCUT2D eigenvalue weighted by Crippen LogP contribution is 2.53. The van der Waals surface area contributed by atoms with Crippen LogP contribution in [0.4, 0.5) is 0 Å². The van der Waals surface area contributed by atoms with Crippen LogP contribution in [0.3, 0.4) is 0 Å². The molecule has 5 nitrogen and oxygen atoms in total. The SMILES string of the molecule is O=C(CC1CCCC1)N1CC(c2nc(C3CC3)n[nH]2)C2(CCCC2)C1. The van der Waals surface area contributed by atoms with E-state index in [0.717, 1.165) is 31.2 Å². The predicted octanol–water partition coefficient (Wildman–Crippen LogP) is 3.75. The minimum absolute atomic E-state index is 0.256. The second-order valence-corrected chi connectivity index (χ2v) is 9.10. The number of likely N-dealkylation sites (tertiary alicyclic amines) is 1. The van der Waals surface area contributed by atoms with Gasteiger partial charge >= 0.3 is 0 Å². The van der Waals surface area contributed by atoms with Crippen molar-refractivity contribution < 1.29 is 4.79 Å². The third-order valence-electron chi connectivity index (χ3n) is 7.33. The molecule has 1 aromatic heterocycles. The van der Waals surface area contributed by atoms with Gasteiger partial charge in [0.25, 0.3) is 0 Å². The Morgan fingerprint density at radius 3 is 2.60 bits per heavy atom. The number of hydrogen-bond donors (Lipinski definition) is 1. The maximum absolute atomic E-state index is 12.9. The van der Waals surface area contributed by atoms with E-state index in [9.17, 15) is 4.79 Å². The topological polar surface area (TPSA) is 61.9 Å². The quantitative estimate of drug-likeness (QED) is 0.906. The summed E-state index contributed by atoms with van der Waals surface area (Å²) in [6.07, 6.45) is 13.4. The van der Waals surface area contributed by atoms with Crippen LogP contribution in [0.25, 0.3) is 0 Å². The standard InChI is InChI=1S/C20H30N4O/c25-17(11-14-5-1-2-6-14)24-12-16(20(13-24)9-3-4-10-20)19-21-18(22-23-19)15-7-8-15/h14-16H,1-13H2,(H,21,22,23). The zero-order chi connectivity index (χ0) is 16.9. The molecule has 1 unspecified atom stereocenters. The molecule has 3 saturated carbocycles. The molecule has 1 amide bonds. The number of nitrogens with zero attached hydrogens (tertiary/aromatic N) is 3. The maximum atomic E-state index is 12.9. The van der Waals surface area contributed by atoms with Crippen LogP contribution in [0.2, 0.25) is 0 Å². The largest absolute Gasteiger partial charge is 0.341 e. The number of amides is 1. The Kier molecular flexibility index (Phi) is 3.86. The van der Waals surface area contributed by atoms with Gasteiger partial charge in [-0.05, 0) is 49.9 Å². The lowest BCUT2D eigenvalue weighted by Gasteiger charge is -2.28. The van der Waals surface area contributed by atoms with Crippen molar-refractivity contribution in [1.82, 2.24) is 20.1 Å². The number of nitrogens with one attached hydrogen (secondary N) is 1. The van der Waals surface area contributed by atoms with Crippen LogP contribution in [-0.4, -0.2) is 39.1 Å². The molecule has 5 rings (SSSR count). The lowest BCUT2D eigenvalue weighted by molar-refractivity contribution is -0.131. The first-order chi connectivity index (χ1) is 12.2. The van der Waals surface area contributed by atoms with E-state index in [4.69, 9.17) is 4.98 Å². The predicted molar refractivity (Wildman–Crippen MR) is 95.2 cm³/mol. The van der Waals surface area contributed by atoms with Crippen LogP contribution in [-0.2, 0) is 4.79 Å². The summed E-state index contributed by atoms with van der Waals surface area (Å²) in [4.78, 5) is 20.0. The maximum Gasteiger partial charge on any atom is 0.222 e. The molecule has 1 aromatic rings. The number of carbonyl (C=O) groups excluding carboxylic acids is 1. The van der Waals surface area contributed by atoms with Crippen LogP contribution in [0.1, 0.15) is 94.1 Å². The van der Waals surface area contributed by atoms with Crippen LogP contribution in [0, 0.1) is 11.3 Å². The van der Waals surface area contributed by atoms with Crippen molar-refractivity contribution in [3.05, 3.63) is 11.6 Å². The fraction of sp³-hybridized carbons (Fsp3) is 0.850. The van der Waals surface area contributed by atoms with Crippen molar-refractivity contribution in [2.75, 3.05) is 13.1 Å². The van der Waals surface area contributed by atoms with E-state index in [1.165, 1.54) is 64.2 Å². The number of H-pyrrole nitrogens is 1. The Hall–Kier alpha value is -1.39. The molecule has 3 aliphatic carbocycles. The van der Waals surface area contributed by atoms with Crippen molar-refractivity contribution in [2.24, 2.45) is 11.3 Å². The third-order valence-corrected chi connectivity index (χ3v) is 7.33. The van der Waals surface area contributed by atoms with Gasteiger partial charge in [0.1, 0.15) is 5.82 Å². The molecule has 5 heteroatoms. The molecule has 0 radical (unpaired) electrons. The van der Waals surface area contributed by atoms with Crippen molar-refractivity contribution in [3.63, 3.8) is 0 Å². The average molecular weight is 342 g/mol. The summed E-state index contributed by atoms with van der Waals surface area (Å²) >= 11 is 0. The number of hydrogen-bond acceptors (Lipinski definition) is 3. The van der Waals surface area contributed by atoms with Gasteiger partial charge in [0.15, 0.2) is 5.82 Å². The molecule has 0 aromatic carbocycles. The van der Waals surface area contributed by atoms with Gasteiger partial charge in [-0.3, -0.25) is 9.89 Å². The molecule has 1 saturated heterocycles. The second kappa shape index (κ2) is 6.10. The molecule has 136 valence electrons. The Bertz CT molecular complexity index is 638. The van der Waals surface area contributed by atoms with E-state index in [1.807, 2.05) is 0 Å². The van der Waals surface area contributed by atoms with Gasteiger partial charge in [-0.1, -0.05) is 25.7 Å². The smallest absolute Gasteiger partial charge is 0.222 e. The fourth-order valence-electron chi connectivity index (χ4n) is 5.68. The molecule has 1 aliphatic heterocycles. The molecular weight excluding hydrogens is 312 g/mol. The van der Waals surface area contributed by atoms with E-state index >= 15 is 0 Å². The summed E-state index contributed by atoms with van der Waals surface area (Å²) in [5.41, 5.74) is 0.256. The van der Waals surface area contributed by atoms with Crippen molar-refractivity contribution in [3.8, 4) is 0 Å². The first-order valence-electron chi connectivity index (χ1n) is 10.4. The Morgan fingerprint density at radius 2 is 1.88 bits per heavy atom. The molecule has 2 heterocycles. The van der Waals surface area contributed by atoms with Gasteiger partial charge in [-0.25, -0.2) is 4.98 Å². The van der Waals surface area contributed by atoms with E-state index in [2.05, 4.69) is 15.1 Å². The zero-order valence-corrected chi connectivity index (χ0v) is 15.2. The number of rotatable bonds is 4. The monoisotopic (exact) mass is 342 g/mol. The van der Waals surface area contributed by atoms with Crippen LogP contribution in [0.15, 0.2) is 0 Å². The summed E-state index contributed by atoms with van der Waals surface area (Å²) in [5, 5.41) is 7.74. The Morgan fingerprint density at radius 1 is 1.12 bits per heavy atom. The van der Waals surface area contributed by atoms with Crippen LogP contribution in [0.5, 0.6) is 0 Å². The highest BCUT2D eigenvalue weighted by atomic mass is 16.2. The molecule has 1 atom stereocenters. The number of aromatic nitrogens is 3. The molecule has 0 bridgehead atoms. The lowest BCUT2D eigenvalue weighted by Crippen LogP contribution is -2.32. The first-order valence-corrected chi connectivity index (χ1v) is 10.4. The highest BCUT2D eigenvalue weighted by molar-refractivity contribution is 5.77. The normalized spacial score (nSPS) is 29.1. The Balaban J connectivity index is 1.34. The van der Waals surface area contributed by atoms with Crippen molar-refractivity contribution in [1.29, 1.82) is 0 Å². The summed E-state index contributed by atoms with van der Waals surface area (Å²) in [5.74, 6) is 4.05. The minimum Gasteiger partial charge on any atom is -0.341 e. The van der Waals surface area contributed by atoms with Crippen LogP contribution >= 0.6 is 0 Å². The van der Waals surface area contributed by atoms with Gasteiger partial charge in [0.05, 0.1) is 0 Å². The summed E-state index contributed by atoms with van der Waals surface area (Å²) in [6, 6.07) is 0. The van der Waals surface area contributed by atoms with Crippen molar-refractivity contribution >= 4 is 5.91 Å². The molecule has 1 spiro atoms. The summed E-state index contributed by atoms with van der Waals surface area (Å²) in [6.45, 7) is 1.80. The average Bonchev–Trinajstić information content (AvgIpc) is 3.10. The number of carbonyl (C=O) groups is 1. The zero-order valence-electron chi connectivity index (χ0n) is 15.2. The van der Waals surface area contributed by atoms with Crippen LogP contribution < -0.4 is 0 Å². The Labute approximate surface area is 150 Å². The summed E-state index contributed by atoms with van der Waals surface area (Å²) in [7, 11) is 0. The van der Waals surface area contributed by atoms with E-state index < -0.39 is 0 Å². The van der Waals surface area contributed by atoms with E-state index in [0.29, 0.717) is 23.7 Å². The van der Waals surface area contributed by atoms with E-state index in [-0.39, 0.29) is 5.41 Å². The fourth-order valence-corrected chi connectivity index (χ4v) is 5.68. The van der Waals surface area contributed by atoms with E-state index in [1.54, 1.807) is 0 Å². The van der Waals surface area contributed by atoms with Gasteiger partial charge < -0.3 is 4.90 Å². The molecule has 25 heavy (non-hydrogen) atoms. The van der Waals surface area contributed by atoms with Gasteiger partial charge in [0.2, 0.25) is 5.91 Å². The molecular formula is C20H30N4O. The number of aromatic amines is 1. The van der Waals surface area contributed by atoms with Gasteiger partial charge in [0, 0.05) is 31.3 Å². The first kappa shape index (κ1) is 15.8. The molecule has 1 N–H and O–H groups in total.